The zero-order valence-electron chi connectivity index (χ0n) is 12.0. The van der Waals surface area contributed by atoms with Crippen LogP contribution in [0.1, 0.15) is 22.3 Å². The number of fused-ring (bicyclic) bond motifs is 1. The Labute approximate surface area is 123 Å². The molecule has 0 saturated carbocycles. The highest BCUT2D eigenvalue weighted by molar-refractivity contribution is 5.73. The van der Waals surface area contributed by atoms with E-state index in [9.17, 15) is 5.11 Å². The van der Waals surface area contributed by atoms with Gasteiger partial charge in [0.1, 0.15) is 5.75 Å². The summed E-state index contributed by atoms with van der Waals surface area (Å²) in [5, 5.41) is 19.0. The monoisotopic (exact) mass is 277 g/mol. The fraction of sp³-hybridized carbons (Fsp3) is 0.167. The Morgan fingerprint density at radius 1 is 1.10 bits per heavy atom. The number of hydrogen-bond donors (Lipinski definition) is 1. The van der Waals surface area contributed by atoms with Crippen molar-refractivity contribution in [3.05, 3.63) is 58.2 Å². The van der Waals surface area contributed by atoms with Crippen LogP contribution in [-0.4, -0.2) is 5.11 Å². The van der Waals surface area contributed by atoms with E-state index in [0.717, 1.165) is 27.8 Å². The van der Waals surface area contributed by atoms with Crippen molar-refractivity contribution in [2.24, 2.45) is 0 Å². The standard InChI is InChI=1S/C18H15NO2/c1-11-3-4-17(16(20)6-11)21-18-7-12(2)5-14-8-13(10-19)9-15(14)18/h3-7,9,20H,8H2,1-2H3. The molecule has 2 aromatic carbocycles. The lowest BCUT2D eigenvalue weighted by Crippen LogP contribution is -1.92. The molecule has 0 heterocycles. The number of allylic oxidation sites excluding steroid dienone is 1. The first-order valence-electron chi connectivity index (χ1n) is 6.78. The lowest BCUT2D eigenvalue weighted by atomic mass is 10.1. The molecule has 3 nitrogen and oxygen atoms in total. The second kappa shape index (κ2) is 4.99. The summed E-state index contributed by atoms with van der Waals surface area (Å²) in [6, 6.07) is 11.5. The third kappa shape index (κ3) is 2.48. The largest absolute Gasteiger partial charge is 0.504 e. The third-order valence-electron chi connectivity index (χ3n) is 3.55. The van der Waals surface area contributed by atoms with E-state index >= 15 is 0 Å². The van der Waals surface area contributed by atoms with Crippen LogP contribution in [-0.2, 0) is 6.42 Å². The van der Waals surface area contributed by atoms with Gasteiger partial charge >= 0.3 is 0 Å². The number of aromatic hydroxyl groups is 1. The molecule has 0 fully saturated rings. The van der Waals surface area contributed by atoms with Gasteiger partial charge in [-0.15, -0.1) is 0 Å². The fourth-order valence-corrected chi connectivity index (χ4v) is 2.57. The smallest absolute Gasteiger partial charge is 0.169 e. The molecule has 0 atom stereocenters. The van der Waals surface area contributed by atoms with Crippen molar-refractivity contribution in [1.82, 2.24) is 0 Å². The zero-order valence-corrected chi connectivity index (χ0v) is 12.0. The number of phenolic OH excluding ortho intramolecular Hbond substituents is 1. The molecule has 3 heteroatoms. The van der Waals surface area contributed by atoms with Crippen LogP contribution in [0.4, 0.5) is 0 Å². The van der Waals surface area contributed by atoms with E-state index in [-0.39, 0.29) is 5.75 Å². The molecule has 0 aromatic heterocycles. The number of nitrogens with zero attached hydrogens (tertiary/aromatic N) is 1. The second-order valence-electron chi connectivity index (χ2n) is 5.37. The van der Waals surface area contributed by atoms with Gasteiger partial charge in [-0.3, -0.25) is 0 Å². The molecule has 3 rings (SSSR count). The molecule has 1 aliphatic carbocycles. The van der Waals surface area contributed by atoms with E-state index in [1.807, 2.05) is 32.1 Å². The molecule has 1 aliphatic rings. The Balaban J connectivity index is 2.04. The van der Waals surface area contributed by atoms with E-state index < -0.39 is 0 Å². The minimum atomic E-state index is 0.118. The molecule has 0 aliphatic heterocycles. The number of aryl methyl sites for hydroxylation is 2. The van der Waals surface area contributed by atoms with Crippen LogP contribution < -0.4 is 4.74 Å². The Bertz CT molecular complexity index is 798. The van der Waals surface area contributed by atoms with Gasteiger partial charge in [-0.25, -0.2) is 0 Å². The van der Waals surface area contributed by atoms with Gasteiger partial charge in [0.25, 0.3) is 0 Å². The third-order valence-corrected chi connectivity index (χ3v) is 3.55. The molecule has 0 saturated heterocycles. The van der Waals surface area contributed by atoms with Crippen LogP contribution >= 0.6 is 0 Å². The van der Waals surface area contributed by atoms with Crippen LogP contribution in [0.3, 0.4) is 0 Å². The first-order chi connectivity index (χ1) is 10.1. The van der Waals surface area contributed by atoms with Crippen LogP contribution in [0.2, 0.25) is 0 Å². The maximum Gasteiger partial charge on any atom is 0.169 e. The molecule has 0 bridgehead atoms. The van der Waals surface area contributed by atoms with Crippen molar-refractivity contribution in [3.8, 4) is 23.3 Å². The summed E-state index contributed by atoms with van der Waals surface area (Å²) < 4.78 is 5.88. The van der Waals surface area contributed by atoms with E-state index in [1.54, 1.807) is 12.1 Å². The molecule has 0 unspecified atom stereocenters. The van der Waals surface area contributed by atoms with Crippen LogP contribution in [0.5, 0.6) is 17.2 Å². The SMILES string of the molecule is Cc1ccc(Oc2cc(C)cc3c2C=C(C#N)C3)c(O)c1. The predicted molar refractivity (Wildman–Crippen MR) is 81.4 cm³/mol. The molecule has 0 radical (unpaired) electrons. The Hall–Kier alpha value is -2.73. The molecule has 0 amide bonds. The first-order valence-corrected chi connectivity index (χ1v) is 6.78. The predicted octanol–water partition coefficient (Wildman–Crippen LogP) is 4.26. The van der Waals surface area contributed by atoms with E-state index in [2.05, 4.69) is 12.1 Å². The van der Waals surface area contributed by atoms with E-state index in [0.29, 0.717) is 17.9 Å². The average molecular weight is 277 g/mol. The number of ether oxygens (including phenoxy) is 1. The lowest BCUT2D eigenvalue weighted by molar-refractivity contribution is 0.410. The maximum absolute atomic E-state index is 9.98. The molecular formula is C18H15NO2. The van der Waals surface area contributed by atoms with Gasteiger partial charge in [0.2, 0.25) is 0 Å². The first kappa shape index (κ1) is 13.3. The summed E-state index contributed by atoms with van der Waals surface area (Å²) in [4.78, 5) is 0. The molecule has 1 N–H and O–H groups in total. The minimum absolute atomic E-state index is 0.118. The maximum atomic E-state index is 9.98. The topological polar surface area (TPSA) is 53.2 Å². The number of hydrogen-bond acceptors (Lipinski definition) is 3. The molecule has 104 valence electrons. The molecular weight excluding hydrogens is 262 g/mol. The average Bonchev–Trinajstić information content (AvgIpc) is 2.85. The van der Waals surface area contributed by atoms with Crippen molar-refractivity contribution < 1.29 is 9.84 Å². The van der Waals surface area contributed by atoms with Gasteiger partial charge in [0.05, 0.1) is 6.07 Å². The minimum Gasteiger partial charge on any atom is -0.504 e. The summed E-state index contributed by atoms with van der Waals surface area (Å²) in [7, 11) is 0. The number of rotatable bonds is 2. The van der Waals surface area contributed by atoms with Crippen LogP contribution in [0.15, 0.2) is 35.9 Å². The van der Waals surface area contributed by atoms with Gasteiger partial charge in [0.15, 0.2) is 11.5 Å². The summed E-state index contributed by atoms with van der Waals surface area (Å²) in [6.07, 6.45) is 2.50. The van der Waals surface area contributed by atoms with Crippen molar-refractivity contribution in [2.45, 2.75) is 20.3 Å². The van der Waals surface area contributed by atoms with Crippen molar-refractivity contribution in [1.29, 1.82) is 5.26 Å². The number of phenols is 1. The summed E-state index contributed by atoms with van der Waals surface area (Å²) in [6.45, 7) is 3.91. The van der Waals surface area contributed by atoms with E-state index in [4.69, 9.17) is 10.00 Å². The zero-order chi connectivity index (χ0) is 15.0. The highest BCUT2D eigenvalue weighted by atomic mass is 16.5. The highest BCUT2D eigenvalue weighted by Gasteiger charge is 2.18. The summed E-state index contributed by atoms with van der Waals surface area (Å²) >= 11 is 0. The number of benzene rings is 2. The quantitative estimate of drug-likeness (QED) is 0.892. The Morgan fingerprint density at radius 2 is 1.90 bits per heavy atom. The van der Waals surface area contributed by atoms with Gasteiger partial charge < -0.3 is 9.84 Å². The highest BCUT2D eigenvalue weighted by Crippen LogP contribution is 2.38. The summed E-state index contributed by atoms with van der Waals surface area (Å²) in [5.41, 5.74) is 4.79. The number of nitriles is 1. The second-order valence-corrected chi connectivity index (χ2v) is 5.37. The molecule has 0 spiro atoms. The molecule has 2 aromatic rings. The fourth-order valence-electron chi connectivity index (χ4n) is 2.57. The lowest BCUT2D eigenvalue weighted by Gasteiger charge is -2.12. The van der Waals surface area contributed by atoms with Gasteiger partial charge in [-0.2, -0.15) is 5.26 Å². The van der Waals surface area contributed by atoms with E-state index in [1.165, 1.54) is 0 Å². The van der Waals surface area contributed by atoms with Gasteiger partial charge in [-0.05, 0) is 54.8 Å². The van der Waals surface area contributed by atoms with Crippen LogP contribution in [0, 0.1) is 25.2 Å². The van der Waals surface area contributed by atoms with Crippen molar-refractivity contribution >= 4 is 6.08 Å². The van der Waals surface area contributed by atoms with Crippen molar-refractivity contribution in [3.63, 3.8) is 0 Å². The van der Waals surface area contributed by atoms with Crippen LogP contribution in [0.25, 0.3) is 6.08 Å². The summed E-state index contributed by atoms with van der Waals surface area (Å²) in [5.74, 6) is 1.22. The Kier molecular flexibility index (Phi) is 3.15. The Morgan fingerprint density at radius 3 is 2.62 bits per heavy atom. The van der Waals surface area contributed by atoms with Gasteiger partial charge in [0, 0.05) is 17.6 Å². The van der Waals surface area contributed by atoms with Crippen molar-refractivity contribution in [2.75, 3.05) is 0 Å². The normalized spacial score (nSPS) is 12.5. The molecule has 21 heavy (non-hydrogen) atoms. The van der Waals surface area contributed by atoms with Gasteiger partial charge in [-0.1, -0.05) is 12.1 Å².